The number of amides is 1. The van der Waals surface area contributed by atoms with Crippen LogP contribution in [0.2, 0.25) is 0 Å². The smallest absolute Gasteiger partial charge is 0.256 e. The van der Waals surface area contributed by atoms with Gasteiger partial charge in [-0.3, -0.25) is 4.79 Å². The summed E-state index contributed by atoms with van der Waals surface area (Å²) in [6.07, 6.45) is 3.60. The number of fused-ring (bicyclic) bond motifs is 2. The van der Waals surface area contributed by atoms with E-state index in [0.29, 0.717) is 16.8 Å². The van der Waals surface area contributed by atoms with Crippen molar-refractivity contribution in [1.82, 2.24) is 9.71 Å². The van der Waals surface area contributed by atoms with Crippen LogP contribution in [0.4, 0.5) is 5.69 Å². The van der Waals surface area contributed by atoms with Crippen molar-refractivity contribution in [2.24, 2.45) is 0 Å². The number of benzene rings is 2. The van der Waals surface area contributed by atoms with Crippen LogP contribution < -0.4 is 10.0 Å². The van der Waals surface area contributed by atoms with Crippen LogP contribution in [0.25, 0.3) is 22.6 Å². The molecule has 1 aliphatic heterocycles. The molecule has 1 aromatic heterocycles. The molecule has 2 aromatic carbocycles. The Hall–Kier alpha value is -2.90. The molecule has 0 spiro atoms. The van der Waals surface area contributed by atoms with E-state index in [1.807, 2.05) is 30.5 Å². The number of H-pyrrole nitrogens is 1. The fraction of sp³-hybridized carbons (Fsp3) is 0.0556. The van der Waals surface area contributed by atoms with E-state index in [-0.39, 0.29) is 10.8 Å². The molecule has 0 saturated carbocycles. The molecule has 3 aromatic rings. The second kappa shape index (κ2) is 5.58. The Bertz CT molecular complexity index is 1140. The minimum Gasteiger partial charge on any atom is -0.361 e. The lowest BCUT2D eigenvalue weighted by Gasteiger charge is -2.05. The number of rotatable bonds is 3. The van der Waals surface area contributed by atoms with E-state index in [0.717, 1.165) is 16.5 Å². The van der Waals surface area contributed by atoms with Gasteiger partial charge in [0.15, 0.2) is 0 Å². The van der Waals surface area contributed by atoms with Gasteiger partial charge in [0, 0.05) is 39.5 Å². The van der Waals surface area contributed by atoms with Crippen LogP contribution in [-0.2, 0) is 14.8 Å². The Kier molecular flexibility index (Phi) is 3.48. The van der Waals surface area contributed by atoms with Crippen LogP contribution >= 0.6 is 0 Å². The molecule has 126 valence electrons. The molecule has 25 heavy (non-hydrogen) atoms. The van der Waals surface area contributed by atoms with Gasteiger partial charge in [-0.25, -0.2) is 13.1 Å². The Labute approximate surface area is 144 Å². The minimum atomic E-state index is -3.58. The molecule has 0 aliphatic carbocycles. The largest absolute Gasteiger partial charge is 0.361 e. The van der Waals surface area contributed by atoms with E-state index in [9.17, 15) is 13.2 Å². The maximum absolute atomic E-state index is 12.4. The highest BCUT2D eigenvalue weighted by Crippen LogP contribution is 2.35. The van der Waals surface area contributed by atoms with Gasteiger partial charge in [0.2, 0.25) is 10.0 Å². The number of hydrogen-bond donors (Lipinski definition) is 3. The molecule has 3 N–H and O–H groups in total. The van der Waals surface area contributed by atoms with Gasteiger partial charge in [0.25, 0.3) is 5.91 Å². The van der Waals surface area contributed by atoms with Crippen LogP contribution in [0.1, 0.15) is 11.1 Å². The number of sulfonamides is 1. The molecule has 4 rings (SSSR count). The van der Waals surface area contributed by atoms with Gasteiger partial charge in [0.1, 0.15) is 0 Å². The highest BCUT2D eigenvalue weighted by molar-refractivity contribution is 7.89. The number of carbonyl (C=O) groups is 1. The maximum atomic E-state index is 12.4. The lowest BCUT2D eigenvalue weighted by atomic mass is 10.0. The van der Waals surface area contributed by atoms with Crippen LogP contribution in [-0.4, -0.2) is 26.4 Å². The number of hydrogen-bond acceptors (Lipinski definition) is 3. The zero-order valence-corrected chi connectivity index (χ0v) is 14.1. The van der Waals surface area contributed by atoms with E-state index >= 15 is 0 Å². The highest BCUT2D eigenvalue weighted by atomic mass is 32.2. The van der Waals surface area contributed by atoms with Crippen LogP contribution in [0.5, 0.6) is 0 Å². The number of anilines is 1. The monoisotopic (exact) mass is 353 g/mol. The Morgan fingerprint density at radius 2 is 1.92 bits per heavy atom. The summed E-state index contributed by atoms with van der Waals surface area (Å²) in [7, 11) is -2.22. The van der Waals surface area contributed by atoms with Crippen LogP contribution in [0, 0.1) is 0 Å². The number of aromatic amines is 1. The van der Waals surface area contributed by atoms with Crippen molar-refractivity contribution in [3.05, 3.63) is 59.8 Å². The van der Waals surface area contributed by atoms with Crippen molar-refractivity contribution in [3.63, 3.8) is 0 Å². The van der Waals surface area contributed by atoms with Gasteiger partial charge in [-0.15, -0.1) is 0 Å². The molecule has 0 bridgehead atoms. The molecular weight excluding hydrogens is 338 g/mol. The van der Waals surface area contributed by atoms with Crippen molar-refractivity contribution < 1.29 is 13.2 Å². The van der Waals surface area contributed by atoms with E-state index in [2.05, 4.69) is 15.0 Å². The van der Waals surface area contributed by atoms with Crippen molar-refractivity contribution >= 4 is 44.2 Å². The molecule has 0 radical (unpaired) electrons. The van der Waals surface area contributed by atoms with Crippen molar-refractivity contribution in [2.75, 3.05) is 12.4 Å². The summed E-state index contributed by atoms with van der Waals surface area (Å²) in [5, 5.41) is 3.77. The first-order valence-corrected chi connectivity index (χ1v) is 9.15. The second-order valence-corrected chi connectivity index (χ2v) is 7.60. The van der Waals surface area contributed by atoms with E-state index in [4.69, 9.17) is 0 Å². The fourth-order valence-corrected chi connectivity index (χ4v) is 3.72. The standard InChI is InChI=1S/C18H15N3O3S/c1-19-25(23,24)12-6-7-17-14(9-12)15(18(22)21-17)8-11-10-20-16-5-3-2-4-13(11)16/h2-10,19-20H,1H3,(H,21,22)/b15-8-. The Morgan fingerprint density at radius 1 is 1.12 bits per heavy atom. The molecule has 1 aliphatic rings. The van der Waals surface area contributed by atoms with Gasteiger partial charge < -0.3 is 10.3 Å². The summed E-state index contributed by atoms with van der Waals surface area (Å²) < 4.78 is 26.4. The first-order valence-electron chi connectivity index (χ1n) is 7.67. The summed E-state index contributed by atoms with van der Waals surface area (Å²) in [6, 6.07) is 12.4. The van der Waals surface area contributed by atoms with Gasteiger partial charge in [-0.1, -0.05) is 18.2 Å². The van der Waals surface area contributed by atoms with Gasteiger partial charge in [0.05, 0.1) is 4.90 Å². The SMILES string of the molecule is CNS(=O)(=O)c1ccc2c(c1)/C(=C/c1c[nH]c3ccccc13)C(=O)N2. The number of para-hydroxylation sites is 1. The first-order chi connectivity index (χ1) is 12.0. The maximum Gasteiger partial charge on any atom is 0.256 e. The predicted octanol–water partition coefficient (Wildman–Crippen LogP) is 2.57. The number of carbonyl (C=O) groups excluding carboxylic acids is 1. The zero-order chi connectivity index (χ0) is 17.6. The summed E-state index contributed by atoms with van der Waals surface area (Å²) in [4.78, 5) is 15.7. The normalized spacial score (nSPS) is 15.6. The highest BCUT2D eigenvalue weighted by Gasteiger charge is 2.26. The molecule has 6 nitrogen and oxygen atoms in total. The van der Waals surface area contributed by atoms with Crippen LogP contribution in [0.15, 0.2) is 53.6 Å². The Balaban J connectivity index is 1.88. The molecular formula is C18H15N3O3S. The summed E-state index contributed by atoms with van der Waals surface area (Å²) in [5.41, 5.74) is 3.46. The lowest BCUT2D eigenvalue weighted by molar-refractivity contribution is -0.110. The van der Waals surface area contributed by atoms with Crippen molar-refractivity contribution in [2.45, 2.75) is 4.90 Å². The third-order valence-corrected chi connectivity index (χ3v) is 5.69. The number of aromatic nitrogens is 1. The third-order valence-electron chi connectivity index (χ3n) is 4.27. The van der Waals surface area contributed by atoms with Gasteiger partial charge in [-0.2, -0.15) is 0 Å². The average molecular weight is 353 g/mol. The molecule has 7 heteroatoms. The predicted molar refractivity (Wildman–Crippen MR) is 97.5 cm³/mol. The second-order valence-electron chi connectivity index (χ2n) is 5.72. The van der Waals surface area contributed by atoms with Crippen molar-refractivity contribution in [1.29, 1.82) is 0 Å². The molecule has 2 heterocycles. The quantitative estimate of drug-likeness (QED) is 0.632. The zero-order valence-electron chi connectivity index (χ0n) is 13.3. The molecule has 0 saturated heterocycles. The van der Waals surface area contributed by atoms with E-state index < -0.39 is 10.0 Å². The molecule has 1 amide bonds. The Morgan fingerprint density at radius 3 is 2.72 bits per heavy atom. The minimum absolute atomic E-state index is 0.120. The van der Waals surface area contributed by atoms with Gasteiger partial charge in [-0.05, 0) is 37.4 Å². The summed E-state index contributed by atoms with van der Waals surface area (Å²) >= 11 is 0. The summed E-state index contributed by atoms with van der Waals surface area (Å²) in [5.74, 6) is -0.251. The lowest BCUT2D eigenvalue weighted by Crippen LogP contribution is -2.18. The number of nitrogens with one attached hydrogen (secondary N) is 3. The molecule has 0 fully saturated rings. The van der Waals surface area contributed by atoms with E-state index in [1.165, 1.54) is 19.2 Å². The molecule has 0 atom stereocenters. The van der Waals surface area contributed by atoms with Crippen molar-refractivity contribution in [3.8, 4) is 0 Å². The average Bonchev–Trinajstić information content (AvgIpc) is 3.16. The topological polar surface area (TPSA) is 91.1 Å². The van der Waals surface area contributed by atoms with Gasteiger partial charge >= 0.3 is 0 Å². The first kappa shape index (κ1) is 15.6. The molecule has 0 unspecified atom stereocenters. The third kappa shape index (κ3) is 2.54. The summed E-state index contributed by atoms with van der Waals surface area (Å²) in [6.45, 7) is 0. The van der Waals surface area contributed by atoms with Crippen LogP contribution in [0.3, 0.4) is 0 Å². The van der Waals surface area contributed by atoms with E-state index in [1.54, 1.807) is 12.1 Å². The fourth-order valence-electron chi connectivity index (χ4n) is 2.96.